The topological polar surface area (TPSA) is 47.6 Å². The normalized spacial score (nSPS) is 13.8. The van der Waals surface area contributed by atoms with E-state index in [0.717, 1.165) is 12.1 Å². The minimum absolute atomic E-state index is 0.0218. The van der Waals surface area contributed by atoms with Crippen LogP contribution in [0.15, 0.2) is 0 Å². The van der Waals surface area contributed by atoms with Crippen LogP contribution in [0.3, 0.4) is 0 Å². The van der Waals surface area contributed by atoms with E-state index in [4.69, 9.17) is 10.5 Å². The molecule has 0 aromatic heterocycles. The van der Waals surface area contributed by atoms with E-state index in [-0.39, 0.29) is 6.42 Å². The number of alkyl halides is 8. The lowest BCUT2D eigenvalue weighted by Gasteiger charge is -2.34. The fourth-order valence-corrected chi connectivity index (χ4v) is 1.65. The maximum Gasteiger partial charge on any atom is 0.377 e. The van der Waals surface area contributed by atoms with Crippen molar-refractivity contribution in [2.24, 2.45) is 5.41 Å². The van der Waals surface area contributed by atoms with Crippen molar-refractivity contribution in [3.8, 4) is 12.1 Å². The van der Waals surface area contributed by atoms with E-state index in [9.17, 15) is 35.1 Å². The molecule has 0 spiro atoms. The Kier molecular flexibility index (Phi) is 6.20. The van der Waals surface area contributed by atoms with E-state index < -0.39 is 42.4 Å². The fourth-order valence-electron chi connectivity index (χ4n) is 1.65. The van der Waals surface area contributed by atoms with E-state index in [0.29, 0.717) is 6.42 Å². The van der Waals surface area contributed by atoms with Gasteiger partial charge in [0.2, 0.25) is 0 Å². The van der Waals surface area contributed by atoms with Gasteiger partial charge in [0.25, 0.3) is 0 Å². The van der Waals surface area contributed by atoms with Crippen molar-refractivity contribution >= 4 is 0 Å². The third-order valence-corrected chi connectivity index (χ3v) is 3.06. The first-order chi connectivity index (χ1) is 9.83. The van der Waals surface area contributed by atoms with Gasteiger partial charge in [0, 0.05) is 6.42 Å². The Balaban J connectivity index is 5.65. The number of nitrogens with zero attached hydrogens (tertiary/aromatic N) is 2. The van der Waals surface area contributed by atoms with Crippen LogP contribution in [0.5, 0.6) is 0 Å². The van der Waals surface area contributed by atoms with Gasteiger partial charge in [-0.3, -0.25) is 0 Å². The van der Waals surface area contributed by atoms with Crippen LogP contribution in [0.25, 0.3) is 0 Å². The summed E-state index contributed by atoms with van der Waals surface area (Å²) >= 11 is 0. The average molecular weight is 336 g/mol. The Morgan fingerprint density at radius 1 is 0.955 bits per heavy atom. The summed E-state index contributed by atoms with van der Waals surface area (Å²) in [7, 11) is 0. The minimum Gasteiger partial charge on any atom is -0.203 e. The van der Waals surface area contributed by atoms with Gasteiger partial charge >= 0.3 is 24.2 Å². The summed E-state index contributed by atoms with van der Waals surface area (Å²) in [6, 6.07) is 2.20. The highest BCUT2D eigenvalue weighted by molar-refractivity contribution is 5.17. The summed E-state index contributed by atoms with van der Waals surface area (Å²) in [5.41, 5.74) is -2.67. The molecule has 0 heterocycles. The molecule has 0 unspecified atom stereocenters. The van der Waals surface area contributed by atoms with E-state index in [1.165, 1.54) is 0 Å². The third-order valence-electron chi connectivity index (χ3n) is 3.06. The molecule has 0 aromatic carbocycles. The second-order valence-corrected chi connectivity index (χ2v) is 4.79. The Labute approximate surface area is 121 Å². The van der Waals surface area contributed by atoms with Crippen molar-refractivity contribution in [1.29, 1.82) is 10.5 Å². The SMILES string of the molecule is CCCCC(C#N)(C#N)CC(F)(F)C(F)(F)C(F)(F)C(F)F. The van der Waals surface area contributed by atoms with Gasteiger partial charge in [-0.1, -0.05) is 19.8 Å². The summed E-state index contributed by atoms with van der Waals surface area (Å²) in [4.78, 5) is 0. The van der Waals surface area contributed by atoms with Gasteiger partial charge < -0.3 is 0 Å². The second-order valence-electron chi connectivity index (χ2n) is 4.79. The van der Waals surface area contributed by atoms with Gasteiger partial charge in [-0.2, -0.15) is 36.9 Å². The first-order valence-electron chi connectivity index (χ1n) is 6.07. The maximum atomic E-state index is 13.5. The molecule has 0 fully saturated rings. The highest BCUT2D eigenvalue weighted by atomic mass is 19.4. The summed E-state index contributed by atoms with van der Waals surface area (Å²) in [5, 5.41) is 17.5. The second kappa shape index (κ2) is 6.67. The zero-order valence-electron chi connectivity index (χ0n) is 11.3. The number of rotatable bonds is 8. The first kappa shape index (κ1) is 20.4. The Morgan fingerprint density at radius 2 is 1.41 bits per heavy atom. The standard InChI is InChI=1S/C12H12F8N2/c1-2-3-4-9(6-21,7-22)5-10(15,16)12(19,20)11(17,18)8(13)14/h8H,2-5H2,1H3. The lowest BCUT2D eigenvalue weighted by Crippen LogP contribution is -2.58. The number of unbranched alkanes of at least 4 members (excludes halogenated alkanes) is 1. The smallest absolute Gasteiger partial charge is 0.203 e. The molecule has 0 aromatic rings. The molecule has 0 saturated carbocycles. The molecular formula is C12H12F8N2. The minimum atomic E-state index is -6.40. The fraction of sp³-hybridized carbons (Fsp3) is 0.833. The van der Waals surface area contributed by atoms with Crippen molar-refractivity contribution in [3.05, 3.63) is 0 Å². The van der Waals surface area contributed by atoms with Gasteiger partial charge in [-0.25, -0.2) is 8.78 Å². The van der Waals surface area contributed by atoms with Gasteiger partial charge in [0.05, 0.1) is 12.1 Å². The molecule has 2 nitrogen and oxygen atoms in total. The zero-order chi connectivity index (χ0) is 17.8. The van der Waals surface area contributed by atoms with E-state index >= 15 is 0 Å². The molecule has 22 heavy (non-hydrogen) atoms. The largest absolute Gasteiger partial charge is 0.377 e. The summed E-state index contributed by atoms with van der Waals surface area (Å²) < 4.78 is 103. The van der Waals surface area contributed by atoms with Crippen LogP contribution in [0.2, 0.25) is 0 Å². The van der Waals surface area contributed by atoms with E-state index in [1.807, 2.05) is 0 Å². The first-order valence-corrected chi connectivity index (χ1v) is 6.07. The Hall–Kier alpha value is -1.58. The van der Waals surface area contributed by atoms with Crippen molar-refractivity contribution in [1.82, 2.24) is 0 Å². The predicted octanol–water partition coefficient (Wildman–Crippen LogP) is 4.77. The van der Waals surface area contributed by atoms with Crippen LogP contribution in [-0.2, 0) is 0 Å². The molecule has 0 N–H and O–H groups in total. The number of nitriles is 2. The van der Waals surface area contributed by atoms with E-state index in [2.05, 4.69) is 0 Å². The van der Waals surface area contributed by atoms with Crippen molar-refractivity contribution in [3.63, 3.8) is 0 Å². The lowest BCUT2D eigenvalue weighted by molar-refractivity contribution is -0.342. The van der Waals surface area contributed by atoms with Crippen molar-refractivity contribution in [2.45, 2.75) is 56.8 Å². The molecule has 0 radical (unpaired) electrons. The molecule has 0 amide bonds. The highest BCUT2D eigenvalue weighted by Gasteiger charge is 2.76. The van der Waals surface area contributed by atoms with E-state index in [1.54, 1.807) is 6.92 Å². The Bertz CT molecular complexity index is 447. The predicted molar refractivity (Wildman–Crippen MR) is 58.6 cm³/mol. The molecule has 0 aliphatic rings. The summed E-state index contributed by atoms with van der Waals surface area (Å²) in [5.74, 6) is -18.4. The molecule has 0 aliphatic carbocycles. The highest BCUT2D eigenvalue weighted by Crippen LogP contribution is 2.52. The quantitative estimate of drug-likeness (QED) is 0.599. The molecule has 0 bridgehead atoms. The van der Waals surface area contributed by atoms with Crippen molar-refractivity contribution < 1.29 is 35.1 Å². The monoisotopic (exact) mass is 336 g/mol. The van der Waals surface area contributed by atoms with Gasteiger partial charge in [-0.15, -0.1) is 0 Å². The lowest BCUT2D eigenvalue weighted by atomic mass is 9.78. The van der Waals surface area contributed by atoms with Crippen LogP contribution >= 0.6 is 0 Å². The number of hydrogen-bond donors (Lipinski definition) is 0. The summed E-state index contributed by atoms with van der Waals surface area (Å²) in [6.07, 6.45) is -7.51. The third kappa shape index (κ3) is 3.60. The maximum absolute atomic E-state index is 13.5. The van der Waals surface area contributed by atoms with Crippen LogP contribution in [-0.4, -0.2) is 24.2 Å². The molecule has 0 aliphatic heterocycles. The molecular weight excluding hydrogens is 324 g/mol. The van der Waals surface area contributed by atoms with Crippen LogP contribution in [0.4, 0.5) is 35.1 Å². The molecule has 126 valence electrons. The zero-order valence-corrected chi connectivity index (χ0v) is 11.3. The molecule has 0 saturated heterocycles. The van der Waals surface area contributed by atoms with Gasteiger partial charge in [-0.05, 0) is 6.42 Å². The average Bonchev–Trinajstić information content (AvgIpc) is 2.42. The van der Waals surface area contributed by atoms with Crippen molar-refractivity contribution in [2.75, 3.05) is 0 Å². The van der Waals surface area contributed by atoms with Crippen LogP contribution in [0, 0.1) is 28.1 Å². The van der Waals surface area contributed by atoms with Gasteiger partial charge in [0.1, 0.15) is 5.41 Å². The van der Waals surface area contributed by atoms with Gasteiger partial charge in [0.15, 0.2) is 0 Å². The molecule has 0 atom stereocenters. The number of halogens is 8. The van der Waals surface area contributed by atoms with Crippen LogP contribution in [0.1, 0.15) is 32.6 Å². The number of hydrogen-bond acceptors (Lipinski definition) is 2. The molecule has 10 heteroatoms. The Morgan fingerprint density at radius 3 is 1.73 bits per heavy atom. The van der Waals surface area contributed by atoms with Crippen LogP contribution < -0.4 is 0 Å². The summed E-state index contributed by atoms with van der Waals surface area (Å²) in [6.45, 7) is 1.55. The molecule has 0 rings (SSSR count).